The van der Waals surface area contributed by atoms with Crippen LogP contribution in [0.2, 0.25) is 0 Å². The van der Waals surface area contributed by atoms with Crippen molar-refractivity contribution in [1.82, 2.24) is 0 Å². The number of aliphatic hydroxyl groups excluding tert-OH is 10. The molecule has 420 valence electrons. The molecule has 5 aliphatic carbocycles. The maximum Gasteiger partial charge on any atom is 0.335 e. The third kappa shape index (κ3) is 9.01. The van der Waals surface area contributed by atoms with Gasteiger partial charge in [0, 0.05) is 10.8 Å². The molecule has 21 heteroatoms. The normalized spacial score (nSPS) is 52.4. The second-order valence-electron chi connectivity index (χ2n) is 25.4. The van der Waals surface area contributed by atoms with Crippen LogP contribution in [-0.2, 0) is 47.5 Å². The first-order valence-electron chi connectivity index (χ1n) is 26.6. The number of ether oxygens (including phenoxy) is 8. The first kappa shape index (κ1) is 56.3. The van der Waals surface area contributed by atoms with Gasteiger partial charge in [0.1, 0.15) is 66.8 Å². The largest absolute Gasteiger partial charge is 0.502 e. The second kappa shape index (κ2) is 20.0. The van der Waals surface area contributed by atoms with E-state index in [0.29, 0.717) is 12.8 Å². The van der Waals surface area contributed by atoms with E-state index in [4.69, 9.17) is 37.9 Å². The third-order valence-electron chi connectivity index (χ3n) is 20.7. The van der Waals surface area contributed by atoms with Gasteiger partial charge in [-0.1, -0.05) is 60.1 Å². The van der Waals surface area contributed by atoms with Gasteiger partial charge in [-0.05, 0) is 104 Å². The zero-order valence-electron chi connectivity index (χ0n) is 43.8. The number of Topliss-reactive ketones (excluding diaryl/α,β-unsaturated/α-hetero) is 1. The quantitative estimate of drug-likeness (QED) is 0.103. The fraction of sp³-hybridized carbons (Fsp3) is 0.887. The molecule has 4 heterocycles. The lowest BCUT2D eigenvalue weighted by atomic mass is 9.33. The highest BCUT2D eigenvalue weighted by molar-refractivity contribution is 5.94. The Hall–Kier alpha value is -2.42. The van der Waals surface area contributed by atoms with Crippen molar-refractivity contribution in [1.29, 1.82) is 0 Å². The van der Waals surface area contributed by atoms with E-state index in [1.54, 1.807) is 6.92 Å². The summed E-state index contributed by atoms with van der Waals surface area (Å²) in [4.78, 5) is 25.2. The van der Waals surface area contributed by atoms with Gasteiger partial charge in [-0.2, -0.15) is 0 Å². The third-order valence-corrected chi connectivity index (χ3v) is 20.7. The van der Waals surface area contributed by atoms with Crippen LogP contribution in [0.5, 0.6) is 0 Å². The molecule has 0 amide bonds. The number of aliphatic carboxylic acids is 1. The molecule has 7 fully saturated rings. The molecule has 0 bridgehead atoms. The number of allylic oxidation sites excluding steroid dienone is 4. The lowest BCUT2D eigenvalue weighted by molar-refractivity contribution is -0.388. The van der Waals surface area contributed by atoms with Crippen LogP contribution in [0.1, 0.15) is 120 Å². The maximum atomic E-state index is 12.7. The molecule has 3 saturated heterocycles. The molecule has 11 N–H and O–H groups in total. The smallest absolute Gasteiger partial charge is 0.335 e. The van der Waals surface area contributed by atoms with Crippen LogP contribution in [0.3, 0.4) is 0 Å². The number of ketones is 1. The SMILES string of the molecule is CC1=C(O)C(=O)CC(O[C@@H]2CC(C)(C)C[C@H]3C4=CC[C@@H]5[C@@]6(C)CC[C@H](O[C@@H]7O[C@H](C(=O)O)[C@@H](O)[C@H](O)[C@H]7O[C@@H]7OC[C@H](O)[C@H](O)[C@H]7O[C@@H]7O[C@H](CO)[C@@H](O)[C@H](O)[C@H]7O)[C@](C)(CO)[C@@H]6CC[C@@]5(C)[C@]4(C)CC[C@@]23C)O1. The number of carbonyl (C=O) groups is 2. The van der Waals surface area contributed by atoms with Crippen molar-refractivity contribution in [2.75, 3.05) is 19.8 Å². The second-order valence-corrected chi connectivity index (χ2v) is 25.4. The zero-order valence-corrected chi connectivity index (χ0v) is 43.8. The van der Waals surface area contributed by atoms with Gasteiger partial charge in [0.05, 0.1) is 38.4 Å². The van der Waals surface area contributed by atoms with Gasteiger partial charge in [0.25, 0.3) is 0 Å². The topological polar surface area (TPSA) is 331 Å². The number of hydrogen-bond donors (Lipinski definition) is 11. The Labute approximate surface area is 431 Å². The lowest BCUT2D eigenvalue weighted by Crippen LogP contribution is -2.68. The monoisotopic (exact) mass is 1050 g/mol. The van der Waals surface area contributed by atoms with Crippen molar-refractivity contribution in [2.45, 2.75) is 224 Å². The van der Waals surface area contributed by atoms with Crippen LogP contribution < -0.4 is 0 Å². The minimum atomic E-state index is -2.06. The van der Waals surface area contributed by atoms with Crippen LogP contribution in [0.4, 0.5) is 0 Å². The standard InChI is InChI=1S/C53H82O21/c1-23-34(58)26(56)17-33(68-23)70-32-19-48(2,3)18-25-24-9-10-30-50(5)13-12-31(51(6,22-55)29(50)11-14-53(30,8)52(24,7)16-15-49(25,32)4)71-47-43(39(63)38(62)41(72-47)44(65)66)74-46-42(35(59)27(57)21-67-46)73-45-40(64)37(61)36(60)28(20-54)69-45/h9,25,27-33,35-43,45-47,54-55,57-64H,10-22H2,1-8H3,(H,65,66)/t25-,27-,28+,29+,30+,31-,32+,33?,35-,36+,37-,38-,39-,40+,41-,42+,43+,45-,46-,47+,49+,50-,51+,52+,53+/m0/s1. The van der Waals surface area contributed by atoms with E-state index in [-0.39, 0.29) is 81.3 Å². The summed E-state index contributed by atoms with van der Waals surface area (Å²) in [6, 6.07) is 0. The molecule has 0 aromatic carbocycles. The molecule has 0 aromatic heterocycles. The number of carboxylic acid groups (broad SMARTS) is 1. The molecule has 9 rings (SSSR count). The Morgan fingerprint density at radius 2 is 1.41 bits per heavy atom. The van der Waals surface area contributed by atoms with Crippen molar-refractivity contribution < 1.29 is 104 Å². The molecule has 4 saturated carbocycles. The molecule has 9 aliphatic rings. The minimum absolute atomic E-state index is 0.0470. The van der Waals surface area contributed by atoms with Gasteiger partial charge in [0.15, 0.2) is 30.7 Å². The summed E-state index contributed by atoms with van der Waals surface area (Å²) in [7, 11) is 0. The molecule has 0 spiro atoms. The average molecular weight is 1060 g/mol. The van der Waals surface area contributed by atoms with Crippen molar-refractivity contribution in [3.63, 3.8) is 0 Å². The summed E-state index contributed by atoms with van der Waals surface area (Å²) in [6.07, 6.45) is -17.5. The van der Waals surface area contributed by atoms with Gasteiger partial charge >= 0.3 is 5.97 Å². The van der Waals surface area contributed by atoms with Gasteiger partial charge in [0.2, 0.25) is 12.1 Å². The molecule has 0 aromatic rings. The van der Waals surface area contributed by atoms with Crippen LogP contribution in [0, 0.1) is 50.2 Å². The summed E-state index contributed by atoms with van der Waals surface area (Å²) >= 11 is 0. The van der Waals surface area contributed by atoms with Gasteiger partial charge in [-0.25, -0.2) is 4.79 Å². The van der Waals surface area contributed by atoms with E-state index < -0.39 is 123 Å². The van der Waals surface area contributed by atoms with Crippen molar-refractivity contribution in [2.24, 2.45) is 50.2 Å². The van der Waals surface area contributed by atoms with Crippen LogP contribution in [0.15, 0.2) is 23.2 Å². The van der Waals surface area contributed by atoms with E-state index in [0.717, 1.165) is 44.9 Å². The van der Waals surface area contributed by atoms with Gasteiger partial charge in [-0.3, -0.25) is 4.79 Å². The highest BCUT2D eigenvalue weighted by atomic mass is 16.8. The van der Waals surface area contributed by atoms with E-state index in [2.05, 4.69) is 47.6 Å². The maximum absolute atomic E-state index is 12.7. The number of aliphatic hydroxyl groups is 10. The Morgan fingerprint density at radius 1 is 0.716 bits per heavy atom. The fourth-order valence-corrected chi connectivity index (χ4v) is 16.1. The predicted octanol–water partition coefficient (Wildman–Crippen LogP) is 1.45. The fourth-order valence-electron chi connectivity index (χ4n) is 16.1. The Morgan fingerprint density at radius 3 is 2.07 bits per heavy atom. The molecule has 4 aliphatic heterocycles. The summed E-state index contributed by atoms with van der Waals surface area (Å²) in [5.41, 5.74) is -0.479. The van der Waals surface area contributed by atoms with E-state index in [9.17, 15) is 65.8 Å². The Bertz CT molecular complexity index is 2170. The molecule has 25 atom stereocenters. The van der Waals surface area contributed by atoms with Gasteiger partial charge < -0.3 is 94.1 Å². The van der Waals surface area contributed by atoms with Crippen molar-refractivity contribution >= 4 is 11.8 Å². The average Bonchev–Trinajstić information content (AvgIpc) is 3.34. The van der Waals surface area contributed by atoms with Gasteiger partial charge in [-0.15, -0.1) is 0 Å². The molecule has 74 heavy (non-hydrogen) atoms. The first-order valence-corrected chi connectivity index (χ1v) is 26.6. The summed E-state index contributed by atoms with van der Waals surface area (Å²) in [5.74, 6) is -1.90. The number of carbonyl (C=O) groups excluding carboxylic acids is 1. The van der Waals surface area contributed by atoms with Crippen LogP contribution >= 0.6 is 0 Å². The highest BCUT2D eigenvalue weighted by Crippen LogP contribution is 2.76. The summed E-state index contributed by atoms with van der Waals surface area (Å²) in [6.45, 7) is 16.0. The highest BCUT2D eigenvalue weighted by Gasteiger charge is 2.70. The van der Waals surface area contributed by atoms with Crippen LogP contribution in [0.25, 0.3) is 0 Å². The predicted molar refractivity (Wildman–Crippen MR) is 255 cm³/mol. The van der Waals surface area contributed by atoms with Crippen molar-refractivity contribution in [3.05, 3.63) is 23.2 Å². The molecular weight excluding hydrogens is 973 g/mol. The van der Waals surface area contributed by atoms with E-state index >= 15 is 0 Å². The number of hydrogen-bond acceptors (Lipinski definition) is 20. The molecule has 1 unspecified atom stereocenters. The Balaban J connectivity index is 0.968. The molecule has 0 radical (unpaired) electrons. The number of carboxylic acids is 1. The van der Waals surface area contributed by atoms with E-state index in [1.807, 2.05) is 6.92 Å². The number of rotatable bonds is 11. The molecular formula is C53H82O21. The molecule has 21 nitrogen and oxygen atoms in total. The number of fused-ring (bicyclic) bond motifs is 7. The van der Waals surface area contributed by atoms with E-state index in [1.165, 1.54) is 5.57 Å². The first-order chi connectivity index (χ1) is 34.6. The zero-order chi connectivity index (χ0) is 54.0. The lowest BCUT2D eigenvalue weighted by Gasteiger charge is -2.72. The van der Waals surface area contributed by atoms with Crippen LogP contribution in [-0.4, -0.2) is 192 Å². The van der Waals surface area contributed by atoms with Crippen molar-refractivity contribution in [3.8, 4) is 0 Å². The summed E-state index contributed by atoms with van der Waals surface area (Å²) in [5, 5.41) is 118. The minimum Gasteiger partial charge on any atom is -0.502 e. The Kier molecular flexibility index (Phi) is 15.2. The summed E-state index contributed by atoms with van der Waals surface area (Å²) < 4.78 is 48.7.